The van der Waals surface area contributed by atoms with Gasteiger partial charge < -0.3 is 15.2 Å². The molecule has 0 saturated heterocycles. The number of methoxy groups -OCH3 is 1. The Balaban J connectivity index is 2.61. The van der Waals surface area contributed by atoms with Gasteiger partial charge in [-0.05, 0) is 25.5 Å². The minimum absolute atomic E-state index is 0.0150. The third-order valence-corrected chi connectivity index (χ3v) is 2.55. The Bertz CT molecular complexity index is 314. The second-order valence-electron chi connectivity index (χ2n) is 3.69. The summed E-state index contributed by atoms with van der Waals surface area (Å²) in [6, 6.07) is 0. The molecule has 3 atom stereocenters. The minimum atomic E-state index is -0.837. The van der Waals surface area contributed by atoms with E-state index in [0.29, 0.717) is 6.42 Å². The number of rotatable bonds is 4. The first kappa shape index (κ1) is 12.7. The van der Waals surface area contributed by atoms with Crippen LogP contribution < -0.4 is 5.73 Å². The van der Waals surface area contributed by atoms with Crippen molar-refractivity contribution in [2.75, 3.05) is 7.11 Å². The highest BCUT2D eigenvalue weighted by atomic mass is 19.1. The molecule has 1 amide bonds. The maximum absolute atomic E-state index is 12.8. The predicted molar refractivity (Wildman–Crippen MR) is 57.4 cm³/mol. The summed E-state index contributed by atoms with van der Waals surface area (Å²) in [6.07, 6.45) is 3.47. The lowest BCUT2D eigenvalue weighted by atomic mass is 9.91. The average molecular weight is 229 g/mol. The topological polar surface area (TPSA) is 61.6 Å². The van der Waals surface area contributed by atoms with E-state index in [4.69, 9.17) is 15.2 Å². The SMILES string of the molecule is CO[C@H](C1C=CC(F)=CC1)[C@@H](C)OC(N)=O. The van der Waals surface area contributed by atoms with Gasteiger partial charge in [-0.15, -0.1) is 0 Å². The van der Waals surface area contributed by atoms with Crippen molar-refractivity contribution in [3.05, 3.63) is 24.1 Å². The summed E-state index contributed by atoms with van der Waals surface area (Å²) in [6.45, 7) is 1.70. The van der Waals surface area contributed by atoms with Gasteiger partial charge in [-0.1, -0.05) is 6.08 Å². The Hall–Kier alpha value is -1.36. The van der Waals surface area contributed by atoms with Gasteiger partial charge in [0.05, 0.1) is 0 Å². The summed E-state index contributed by atoms with van der Waals surface area (Å²) < 4.78 is 22.9. The van der Waals surface area contributed by atoms with Gasteiger partial charge in [0.15, 0.2) is 0 Å². The van der Waals surface area contributed by atoms with Crippen LogP contribution in [0.1, 0.15) is 13.3 Å². The number of hydrogen-bond acceptors (Lipinski definition) is 3. The fourth-order valence-electron chi connectivity index (χ4n) is 1.82. The number of ether oxygens (including phenoxy) is 2. The molecule has 1 rings (SSSR count). The van der Waals surface area contributed by atoms with Crippen LogP contribution in [0.4, 0.5) is 9.18 Å². The Morgan fingerprint density at radius 2 is 2.38 bits per heavy atom. The van der Waals surface area contributed by atoms with Crippen molar-refractivity contribution in [2.45, 2.75) is 25.6 Å². The van der Waals surface area contributed by atoms with Crippen LogP contribution in [0.2, 0.25) is 0 Å². The van der Waals surface area contributed by atoms with Crippen molar-refractivity contribution < 1.29 is 18.7 Å². The zero-order valence-electron chi connectivity index (χ0n) is 9.35. The summed E-state index contributed by atoms with van der Waals surface area (Å²) in [4.78, 5) is 10.6. The molecule has 0 fully saturated rings. The molecule has 0 radical (unpaired) electrons. The fraction of sp³-hybridized carbons (Fsp3) is 0.545. The summed E-state index contributed by atoms with van der Waals surface area (Å²) in [5, 5.41) is 0. The molecule has 0 aromatic carbocycles. The molecule has 90 valence electrons. The molecule has 1 aliphatic carbocycles. The van der Waals surface area contributed by atoms with Crippen molar-refractivity contribution >= 4 is 6.09 Å². The van der Waals surface area contributed by atoms with Crippen molar-refractivity contribution in [1.82, 2.24) is 0 Å². The molecule has 16 heavy (non-hydrogen) atoms. The summed E-state index contributed by atoms with van der Waals surface area (Å²) in [5.41, 5.74) is 4.93. The normalized spacial score (nSPS) is 23.4. The summed E-state index contributed by atoms with van der Waals surface area (Å²) in [7, 11) is 1.52. The van der Waals surface area contributed by atoms with Gasteiger partial charge in [-0.3, -0.25) is 0 Å². The number of allylic oxidation sites excluding steroid dienone is 3. The molecular weight excluding hydrogens is 213 g/mol. The lowest BCUT2D eigenvalue weighted by Crippen LogP contribution is -2.37. The van der Waals surface area contributed by atoms with Crippen molar-refractivity contribution in [2.24, 2.45) is 11.7 Å². The van der Waals surface area contributed by atoms with Crippen LogP contribution in [0.15, 0.2) is 24.1 Å². The highest BCUT2D eigenvalue weighted by molar-refractivity contribution is 5.64. The largest absolute Gasteiger partial charge is 0.444 e. The van der Waals surface area contributed by atoms with Crippen LogP contribution in [0, 0.1) is 5.92 Å². The van der Waals surface area contributed by atoms with Crippen molar-refractivity contribution in [3.8, 4) is 0 Å². The number of carbonyl (C=O) groups is 1. The molecular formula is C11H16FNO3. The van der Waals surface area contributed by atoms with E-state index < -0.39 is 12.2 Å². The monoisotopic (exact) mass is 229 g/mol. The fourth-order valence-corrected chi connectivity index (χ4v) is 1.82. The Labute approximate surface area is 93.9 Å². The van der Waals surface area contributed by atoms with Crippen molar-refractivity contribution in [1.29, 1.82) is 0 Å². The molecule has 0 bridgehead atoms. The molecule has 0 spiro atoms. The first-order valence-corrected chi connectivity index (χ1v) is 5.07. The second-order valence-corrected chi connectivity index (χ2v) is 3.69. The predicted octanol–water partition coefficient (Wildman–Crippen LogP) is 1.91. The van der Waals surface area contributed by atoms with Gasteiger partial charge in [0.25, 0.3) is 0 Å². The lowest BCUT2D eigenvalue weighted by Gasteiger charge is -2.28. The van der Waals surface area contributed by atoms with Gasteiger partial charge in [-0.2, -0.15) is 0 Å². The van der Waals surface area contributed by atoms with Crippen LogP contribution in [-0.2, 0) is 9.47 Å². The molecule has 4 nitrogen and oxygen atoms in total. The van der Waals surface area contributed by atoms with E-state index >= 15 is 0 Å². The van der Waals surface area contributed by atoms with Crippen LogP contribution in [-0.4, -0.2) is 25.4 Å². The van der Waals surface area contributed by atoms with E-state index in [9.17, 15) is 9.18 Å². The summed E-state index contributed by atoms with van der Waals surface area (Å²) in [5.74, 6) is -0.270. The van der Waals surface area contributed by atoms with Crippen LogP contribution >= 0.6 is 0 Å². The molecule has 1 aliphatic rings. The number of nitrogens with two attached hydrogens (primary N) is 1. The van der Waals surface area contributed by atoms with E-state index in [0.717, 1.165) is 0 Å². The Morgan fingerprint density at radius 3 is 2.81 bits per heavy atom. The lowest BCUT2D eigenvalue weighted by molar-refractivity contribution is -0.0318. The van der Waals surface area contributed by atoms with Crippen molar-refractivity contribution in [3.63, 3.8) is 0 Å². The van der Waals surface area contributed by atoms with E-state index in [-0.39, 0.29) is 17.8 Å². The number of carbonyl (C=O) groups excluding carboxylic acids is 1. The van der Waals surface area contributed by atoms with Gasteiger partial charge in [0.1, 0.15) is 18.0 Å². The maximum atomic E-state index is 12.8. The molecule has 5 heteroatoms. The highest BCUT2D eigenvalue weighted by Gasteiger charge is 2.28. The molecule has 0 aromatic heterocycles. The average Bonchev–Trinajstić information content (AvgIpc) is 2.21. The standard InChI is InChI=1S/C11H16FNO3/c1-7(16-11(13)14)10(15-2)8-3-5-9(12)6-4-8/h3,5-8,10H,4H2,1-2H3,(H2,13,14)/t7-,8?,10+/m1/s1. The first-order chi connectivity index (χ1) is 7.54. The third-order valence-electron chi connectivity index (χ3n) is 2.55. The summed E-state index contributed by atoms with van der Waals surface area (Å²) >= 11 is 0. The number of primary amides is 1. The third kappa shape index (κ3) is 3.34. The quantitative estimate of drug-likeness (QED) is 0.801. The molecule has 0 aromatic rings. The van der Waals surface area contributed by atoms with Crippen LogP contribution in [0.5, 0.6) is 0 Å². The molecule has 0 aliphatic heterocycles. The van der Waals surface area contributed by atoms with Gasteiger partial charge in [0, 0.05) is 13.0 Å². The van der Waals surface area contributed by atoms with E-state index in [2.05, 4.69) is 0 Å². The van der Waals surface area contributed by atoms with Gasteiger partial charge >= 0.3 is 6.09 Å². The molecule has 0 saturated carbocycles. The zero-order chi connectivity index (χ0) is 12.1. The number of hydrogen-bond donors (Lipinski definition) is 1. The Morgan fingerprint density at radius 1 is 1.69 bits per heavy atom. The smallest absolute Gasteiger partial charge is 0.404 e. The maximum Gasteiger partial charge on any atom is 0.404 e. The van der Waals surface area contributed by atoms with Crippen LogP contribution in [0.25, 0.3) is 0 Å². The first-order valence-electron chi connectivity index (χ1n) is 5.07. The van der Waals surface area contributed by atoms with E-state index in [1.54, 1.807) is 13.0 Å². The number of amides is 1. The molecule has 1 unspecified atom stereocenters. The van der Waals surface area contributed by atoms with Gasteiger partial charge in [-0.25, -0.2) is 9.18 Å². The minimum Gasteiger partial charge on any atom is -0.444 e. The Kier molecular flexibility index (Phi) is 4.49. The number of halogens is 1. The van der Waals surface area contributed by atoms with E-state index in [1.165, 1.54) is 19.3 Å². The highest BCUT2D eigenvalue weighted by Crippen LogP contribution is 2.24. The molecule has 0 heterocycles. The van der Waals surface area contributed by atoms with E-state index in [1.807, 2.05) is 0 Å². The van der Waals surface area contributed by atoms with Crippen LogP contribution in [0.3, 0.4) is 0 Å². The molecule has 2 N–H and O–H groups in total. The zero-order valence-corrected chi connectivity index (χ0v) is 9.35. The second kappa shape index (κ2) is 5.65. The van der Waals surface area contributed by atoms with Gasteiger partial charge in [0.2, 0.25) is 0 Å².